The van der Waals surface area contributed by atoms with E-state index in [1.165, 1.54) is 11.3 Å². The minimum atomic E-state index is -0.221. The van der Waals surface area contributed by atoms with E-state index in [0.29, 0.717) is 28.8 Å². The molecule has 7 heteroatoms. The van der Waals surface area contributed by atoms with Gasteiger partial charge in [-0.1, -0.05) is 11.3 Å². The van der Waals surface area contributed by atoms with Gasteiger partial charge in [0.25, 0.3) is 5.91 Å². The molecule has 0 bridgehead atoms. The molecule has 25 heavy (non-hydrogen) atoms. The van der Waals surface area contributed by atoms with Gasteiger partial charge in [0.1, 0.15) is 5.75 Å². The predicted molar refractivity (Wildman–Crippen MR) is 98.3 cm³/mol. The van der Waals surface area contributed by atoms with Crippen molar-refractivity contribution >= 4 is 32.6 Å². The Morgan fingerprint density at radius 2 is 1.80 bits per heavy atom. The van der Waals surface area contributed by atoms with E-state index in [1.807, 2.05) is 13.0 Å². The maximum atomic E-state index is 12.4. The Bertz CT molecular complexity index is 849. The second kappa shape index (κ2) is 7.40. The quantitative estimate of drug-likeness (QED) is 0.722. The highest BCUT2D eigenvalue weighted by Gasteiger charge is 2.13. The molecule has 0 saturated heterocycles. The Balaban J connectivity index is 1.81. The molecule has 130 valence electrons. The molecule has 0 radical (unpaired) electrons. The van der Waals surface area contributed by atoms with Gasteiger partial charge in [-0.3, -0.25) is 10.1 Å². The molecule has 1 heterocycles. The maximum absolute atomic E-state index is 12.4. The number of amides is 1. The molecule has 1 aromatic heterocycles. The topological polar surface area (TPSA) is 69.7 Å². The first-order chi connectivity index (χ1) is 12.1. The number of nitrogens with zero attached hydrogens (tertiary/aromatic N) is 1. The lowest BCUT2D eigenvalue weighted by atomic mass is 10.2. The van der Waals surface area contributed by atoms with Crippen LogP contribution in [0.15, 0.2) is 36.4 Å². The van der Waals surface area contributed by atoms with Crippen LogP contribution < -0.4 is 19.5 Å². The highest BCUT2D eigenvalue weighted by Crippen LogP contribution is 2.36. The molecule has 0 aliphatic heterocycles. The number of anilines is 1. The largest absolute Gasteiger partial charge is 0.494 e. The molecular formula is C18H18N2O4S. The van der Waals surface area contributed by atoms with Gasteiger partial charge >= 0.3 is 0 Å². The van der Waals surface area contributed by atoms with Gasteiger partial charge in [-0.2, -0.15) is 0 Å². The zero-order valence-corrected chi connectivity index (χ0v) is 15.0. The van der Waals surface area contributed by atoms with Crippen LogP contribution in [0.4, 0.5) is 5.13 Å². The number of carbonyl (C=O) groups excluding carboxylic acids is 1. The summed E-state index contributed by atoms with van der Waals surface area (Å²) in [7, 11) is 3.16. The number of benzene rings is 2. The molecule has 3 aromatic rings. The number of nitrogens with one attached hydrogen (secondary N) is 1. The molecule has 0 spiro atoms. The Morgan fingerprint density at radius 3 is 2.44 bits per heavy atom. The summed E-state index contributed by atoms with van der Waals surface area (Å²) in [5.74, 6) is 1.74. The third-order valence-electron chi connectivity index (χ3n) is 3.54. The van der Waals surface area contributed by atoms with Crippen molar-refractivity contribution in [3.63, 3.8) is 0 Å². The minimum Gasteiger partial charge on any atom is -0.494 e. The molecule has 0 atom stereocenters. The van der Waals surface area contributed by atoms with Crippen LogP contribution in [0.5, 0.6) is 17.2 Å². The molecular weight excluding hydrogens is 340 g/mol. The number of hydrogen-bond donors (Lipinski definition) is 1. The lowest BCUT2D eigenvalue weighted by molar-refractivity contribution is 0.102. The molecule has 3 rings (SSSR count). The van der Waals surface area contributed by atoms with Crippen LogP contribution in [0.1, 0.15) is 17.3 Å². The second-order valence-electron chi connectivity index (χ2n) is 5.11. The summed E-state index contributed by atoms with van der Waals surface area (Å²) in [6.07, 6.45) is 0. The van der Waals surface area contributed by atoms with Crippen LogP contribution in [0, 0.1) is 0 Å². The molecule has 0 aliphatic carbocycles. The smallest absolute Gasteiger partial charge is 0.257 e. The lowest BCUT2D eigenvalue weighted by Crippen LogP contribution is -2.11. The van der Waals surface area contributed by atoms with Crippen LogP contribution in [-0.4, -0.2) is 31.7 Å². The first kappa shape index (κ1) is 17.0. The molecule has 2 aromatic carbocycles. The number of methoxy groups -OCH3 is 2. The van der Waals surface area contributed by atoms with Gasteiger partial charge in [-0.25, -0.2) is 4.98 Å². The predicted octanol–water partition coefficient (Wildman–Crippen LogP) is 3.96. The average molecular weight is 358 g/mol. The van der Waals surface area contributed by atoms with Crippen LogP contribution in [0.25, 0.3) is 10.2 Å². The second-order valence-corrected chi connectivity index (χ2v) is 6.14. The zero-order chi connectivity index (χ0) is 17.8. The fourth-order valence-electron chi connectivity index (χ4n) is 2.35. The first-order valence-corrected chi connectivity index (χ1v) is 8.53. The van der Waals surface area contributed by atoms with Gasteiger partial charge in [0.15, 0.2) is 16.6 Å². The van der Waals surface area contributed by atoms with Gasteiger partial charge in [0.2, 0.25) is 0 Å². The van der Waals surface area contributed by atoms with Crippen LogP contribution >= 0.6 is 11.3 Å². The molecule has 0 saturated carbocycles. The molecule has 1 amide bonds. The molecule has 0 fully saturated rings. The first-order valence-electron chi connectivity index (χ1n) is 7.71. The Kier molecular flexibility index (Phi) is 5.04. The number of carbonyl (C=O) groups is 1. The van der Waals surface area contributed by atoms with E-state index in [9.17, 15) is 4.79 Å². The number of ether oxygens (including phenoxy) is 3. The molecule has 1 N–H and O–H groups in total. The summed E-state index contributed by atoms with van der Waals surface area (Å²) < 4.78 is 16.8. The summed E-state index contributed by atoms with van der Waals surface area (Å²) in [5, 5.41) is 3.34. The van der Waals surface area contributed by atoms with E-state index in [2.05, 4.69) is 10.3 Å². The normalized spacial score (nSPS) is 10.5. The highest BCUT2D eigenvalue weighted by atomic mass is 32.1. The van der Waals surface area contributed by atoms with Crippen molar-refractivity contribution < 1.29 is 19.0 Å². The van der Waals surface area contributed by atoms with Gasteiger partial charge in [-0.05, 0) is 31.2 Å². The summed E-state index contributed by atoms with van der Waals surface area (Å²) in [6.45, 7) is 2.50. The minimum absolute atomic E-state index is 0.221. The monoisotopic (exact) mass is 358 g/mol. The highest BCUT2D eigenvalue weighted by molar-refractivity contribution is 7.22. The van der Waals surface area contributed by atoms with Gasteiger partial charge in [0.05, 0.1) is 31.0 Å². The number of hydrogen-bond acceptors (Lipinski definition) is 6. The van der Waals surface area contributed by atoms with Crippen molar-refractivity contribution in [1.82, 2.24) is 4.98 Å². The fourth-order valence-corrected chi connectivity index (χ4v) is 3.22. The van der Waals surface area contributed by atoms with E-state index in [-0.39, 0.29) is 5.91 Å². The van der Waals surface area contributed by atoms with Crippen LogP contribution in [0.2, 0.25) is 0 Å². The maximum Gasteiger partial charge on any atom is 0.257 e. The third kappa shape index (κ3) is 3.66. The van der Waals surface area contributed by atoms with Gasteiger partial charge < -0.3 is 14.2 Å². The van der Waals surface area contributed by atoms with Crippen molar-refractivity contribution in [2.75, 3.05) is 26.1 Å². The summed E-state index contributed by atoms with van der Waals surface area (Å²) >= 11 is 1.38. The van der Waals surface area contributed by atoms with Crippen molar-refractivity contribution in [2.24, 2.45) is 0 Å². The van der Waals surface area contributed by atoms with Gasteiger partial charge in [0, 0.05) is 17.7 Å². The van der Waals surface area contributed by atoms with E-state index in [4.69, 9.17) is 14.2 Å². The number of thiazole rings is 1. The van der Waals surface area contributed by atoms with E-state index in [1.54, 1.807) is 44.6 Å². The van der Waals surface area contributed by atoms with Crippen LogP contribution in [-0.2, 0) is 0 Å². The Morgan fingerprint density at radius 1 is 1.12 bits per heavy atom. The Hall–Kier alpha value is -2.80. The SMILES string of the molecule is CCOc1ccc(C(=O)Nc2nc3cc(OC)c(OC)cc3s2)cc1. The summed E-state index contributed by atoms with van der Waals surface area (Å²) in [6, 6.07) is 10.6. The van der Waals surface area contributed by atoms with Crippen molar-refractivity contribution in [1.29, 1.82) is 0 Å². The number of fused-ring (bicyclic) bond motifs is 1. The van der Waals surface area contributed by atoms with E-state index in [0.717, 1.165) is 16.0 Å². The fraction of sp³-hybridized carbons (Fsp3) is 0.222. The molecule has 0 aliphatic rings. The lowest BCUT2D eigenvalue weighted by Gasteiger charge is -2.05. The van der Waals surface area contributed by atoms with Crippen molar-refractivity contribution in [2.45, 2.75) is 6.92 Å². The Labute approximate surface area is 149 Å². The van der Waals surface area contributed by atoms with E-state index >= 15 is 0 Å². The van der Waals surface area contributed by atoms with Gasteiger partial charge in [-0.15, -0.1) is 0 Å². The van der Waals surface area contributed by atoms with Crippen molar-refractivity contribution in [3.05, 3.63) is 42.0 Å². The summed E-state index contributed by atoms with van der Waals surface area (Å²) in [4.78, 5) is 16.8. The van der Waals surface area contributed by atoms with E-state index < -0.39 is 0 Å². The summed E-state index contributed by atoms with van der Waals surface area (Å²) in [5.41, 5.74) is 1.28. The number of aromatic nitrogens is 1. The standard InChI is InChI=1S/C18H18N2O4S/c1-4-24-12-7-5-11(6-8-12)17(21)20-18-19-13-9-14(22-2)15(23-3)10-16(13)25-18/h5-10H,4H2,1-3H3,(H,19,20,21). The third-order valence-corrected chi connectivity index (χ3v) is 4.48. The van der Waals surface area contributed by atoms with Crippen molar-refractivity contribution in [3.8, 4) is 17.2 Å². The molecule has 6 nitrogen and oxygen atoms in total. The average Bonchev–Trinajstić information content (AvgIpc) is 3.02. The van der Waals surface area contributed by atoms with Crippen LogP contribution in [0.3, 0.4) is 0 Å². The zero-order valence-electron chi connectivity index (χ0n) is 14.2. The molecule has 0 unspecified atom stereocenters. The number of rotatable bonds is 6.